The van der Waals surface area contributed by atoms with E-state index in [9.17, 15) is 9.59 Å². The number of hydrogen-bond donors (Lipinski definition) is 0. The van der Waals surface area contributed by atoms with Gasteiger partial charge in [0.1, 0.15) is 23.4 Å². The lowest BCUT2D eigenvalue weighted by Gasteiger charge is -2.30. The van der Waals surface area contributed by atoms with Crippen molar-refractivity contribution in [2.75, 3.05) is 7.11 Å². The van der Waals surface area contributed by atoms with Crippen LogP contribution >= 0.6 is 0 Å². The van der Waals surface area contributed by atoms with Crippen LogP contribution < -0.4 is 14.2 Å². The van der Waals surface area contributed by atoms with E-state index < -0.39 is 5.97 Å². The van der Waals surface area contributed by atoms with Crippen LogP contribution in [-0.4, -0.2) is 25.0 Å². The van der Waals surface area contributed by atoms with Crippen LogP contribution in [0.15, 0.2) is 42.5 Å². The quantitative estimate of drug-likeness (QED) is 0.639. The average molecular weight is 326 g/mol. The number of esters is 1. The molecule has 2 unspecified atom stereocenters. The second-order valence-corrected chi connectivity index (χ2v) is 5.69. The first kappa shape index (κ1) is 16.1. The van der Waals surface area contributed by atoms with Crippen molar-refractivity contribution in [3.63, 3.8) is 0 Å². The number of fused-ring (bicyclic) bond motifs is 1. The highest BCUT2D eigenvalue weighted by Gasteiger charge is 2.36. The van der Waals surface area contributed by atoms with Crippen LogP contribution in [0.25, 0.3) is 0 Å². The lowest BCUT2D eigenvalue weighted by atomic mass is 9.84. The Balaban J connectivity index is 1.93. The fourth-order valence-corrected chi connectivity index (χ4v) is 2.92. The maximum absolute atomic E-state index is 12.9. The number of methoxy groups -OCH3 is 1. The molecule has 0 amide bonds. The molecule has 3 rings (SSSR count). The van der Waals surface area contributed by atoms with Gasteiger partial charge >= 0.3 is 5.97 Å². The zero-order chi connectivity index (χ0) is 17.3. The highest BCUT2D eigenvalue weighted by Crippen LogP contribution is 2.38. The van der Waals surface area contributed by atoms with E-state index in [2.05, 4.69) is 0 Å². The molecule has 1 heterocycles. The van der Waals surface area contributed by atoms with Gasteiger partial charge in [-0.15, -0.1) is 0 Å². The molecule has 124 valence electrons. The summed E-state index contributed by atoms with van der Waals surface area (Å²) in [6.07, 6.45) is -0.328. The maximum atomic E-state index is 12.9. The van der Waals surface area contributed by atoms with Crippen molar-refractivity contribution in [2.45, 2.75) is 25.9 Å². The Morgan fingerprint density at radius 1 is 1.08 bits per heavy atom. The molecule has 0 aromatic heterocycles. The molecule has 2 aromatic carbocycles. The number of hydrogen-bond acceptors (Lipinski definition) is 5. The van der Waals surface area contributed by atoms with Crippen LogP contribution in [0, 0.1) is 0 Å². The predicted molar refractivity (Wildman–Crippen MR) is 87.9 cm³/mol. The van der Waals surface area contributed by atoms with Crippen molar-refractivity contribution in [3.05, 3.63) is 53.6 Å². The van der Waals surface area contributed by atoms with E-state index in [4.69, 9.17) is 14.2 Å². The van der Waals surface area contributed by atoms with E-state index in [0.29, 0.717) is 17.1 Å². The highest BCUT2D eigenvalue weighted by molar-refractivity contribution is 6.04. The van der Waals surface area contributed by atoms with Gasteiger partial charge in [0, 0.05) is 13.0 Å². The minimum absolute atomic E-state index is 0.0108. The molecule has 0 fully saturated rings. The number of ketones is 1. The molecule has 0 N–H and O–H groups in total. The zero-order valence-electron chi connectivity index (χ0n) is 13.7. The molecule has 2 aromatic rings. The monoisotopic (exact) mass is 326 g/mol. The van der Waals surface area contributed by atoms with Crippen LogP contribution in [0.4, 0.5) is 0 Å². The third kappa shape index (κ3) is 2.97. The Morgan fingerprint density at radius 3 is 2.38 bits per heavy atom. The molecular weight excluding hydrogens is 308 g/mol. The molecule has 24 heavy (non-hydrogen) atoms. The van der Waals surface area contributed by atoms with Crippen molar-refractivity contribution in [1.29, 1.82) is 0 Å². The van der Waals surface area contributed by atoms with Gasteiger partial charge in [0.2, 0.25) is 0 Å². The zero-order valence-corrected chi connectivity index (χ0v) is 13.7. The Labute approximate surface area is 140 Å². The molecule has 0 saturated heterocycles. The minimum atomic E-state index is -0.416. The van der Waals surface area contributed by atoms with E-state index in [1.807, 2.05) is 31.2 Å². The van der Waals surface area contributed by atoms with Gasteiger partial charge < -0.3 is 14.2 Å². The molecule has 1 aliphatic heterocycles. The third-order valence-electron chi connectivity index (χ3n) is 4.02. The lowest BCUT2D eigenvalue weighted by molar-refractivity contribution is -0.131. The van der Waals surface area contributed by atoms with Crippen LogP contribution in [0.2, 0.25) is 0 Å². The highest BCUT2D eigenvalue weighted by atomic mass is 16.5. The summed E-state index contributed by atoms with van der Waals surface area (Å²) in [5.74, 6) is 0.731. The van der Waals surface area contributed by atoms with Gasteiger partial charge in [0.25, 0.3) is 0 Å². The summed E-state index contributed by atoms with van der Waals surface area (Å²) in [4.78, 5) is 24.0. The Kier molecular flexibility index (Phi) is 4.25. The van der Waals surface area contributed by atoms with Crippen molar-refractivity contribution in [3.8, 4) is 17.2 Å². The Bertz CT molecular complexity index is 779. The van der Waals surface area contributed by atoms with Gasteiger partial charge in [-0.2, -0.15) is 0 Å². The third-order valence-corrected chi connectivity index (χ3v) is 4.02. The molecule has 0 saturated carbocycles. The van der Waals surface area contributed by atoms with Gasteiger partial charge in [-0.25, -0.2) is 0 Å². The Hall–Kier alpha value is -2.82. The van der Waals surface area contributed by atoms with Crippen LogP contribution in [0.5, 0.6) is 17.2 Å². The van der Waals surface area contributed by atoms with Crippen LogP contribution in [0.3, 0.4) is 0 Å². The summed E-state index contributed by atoms with van der Waals surface area (Å²) in [7, 11) is 1.60. The molecule has 0 radical (unpaired) electrons. The summed E-state index contributed by atoms with van der Waals surface area (Å²) in [6, 6.07) is 12.2. The van der Waals surface area contributed by atoms with Crippen molar-refractivity contribution >= 4 is 11.8 Å². The number of benzene rings is 2. The fraction of sp³-hybridized carbons (Fsp3) is 0.263. The second-order valence-electron chi connectivity index (χ2n) is 5.69. The number of ether oxygens (including phenoxy) is 3. The van der Waals surface area contributed by atoms with Gasteiger partial charge in [0.05, 0.1) is 18.6 Å². The van der Waals surface area contributed by atoms with E-state index in [1.165, 1.54) is 6.92 Å². The van der Waals surface area contributed by atoms with Gasteiger partial charge in [0.15, 0.2) is 5.78 Å². The molecule has 0 aliphatic carbocycles. The summed E-state index contributed by atoms with van der Waals surface area (Å²) >= 11 is 0. The van der Waals surface area contributed by atoms with Crippen molar-refractivity contribution < 1.29 is 23.8 Å². The topological polar surface area (TPSA) is 61.8 Å². The number of Topliss-reactive ketones (excluding diaryl/α,β-unsaturated/α-hetero) is 1. The first-order valence-corrected chi connectivity index (χ1v) is 7.67. The van der Waals surface area contributed by atoms with Crippen LogP contribution in [-0.2, 0) is 4.79 Å². The molecule has 5 heteroatoms. The van der Waals surface area contributed by atoms with Gasteiger partial charge in [-0.1, -0.05) is 12.1 Å². The molecule has 0 spiro atoms. The van der Waals surface area contributed by atoms with Gasteiger partial charge in [-0.3, -0.25) is 9.59 Å². The maximum Gasteiger partial charge on any atom is 0.308 e. The second kappa shape index (κ2) is 6.35. The summed E-state index contributed by atoms with van der Waals surface area (Å²) in [6.45, 7) is 3.18. The molecule has 5 nitrogen and oxygen atoms in total. The minimum Gasteiger partial charge on any atom is -0.497 e. The van der Waals surface area contributed by atoms with Gasteiger partial charge in [-0.05, 0) is 36.8 Å². The molecular formula is C19H18O5. The van der Waals surface area contributed by atoms with Crippen LogP contribution in [0.1, 0.15) is 35.7 Å². The summed E-state index contributed by atoms with van der Waals surface area (Å²) < 4.78 is 16.1. The first-order chi connectivity index (χ1) is 11.5. The van der Waals surface area contributed by atoms with E-state index in [1.54, 1.807) is 25.3 Å². The van der Waals surface area contributed by atoms with Crippen molar-refractivity contribution in [1.82, 2.24) is 0 Å². The first-order valence-electron chi connectivity index (χ1n) is 7.67. The molecule has 0 bridgehead atoms. The largest absolute Gasteiger partial charge is 0.497 e. The van der Waals surface area contributed by atoms with E-state index in [-0.39, 0.29) is 17.8 Å². The molecule has 2 atom stereocenters. The normalized spacial score (nSPS) is 19.2. The molecule has 1 aliphatic rings. The summed E-state index contributed by atoms with van der Waals surface area (Å²) in [5.41, 5.74) is 1.37. The standard InChI is InChI=1S/C19H18O5/c1-11-18(13-4-6-14(22-3)7-5-13)19(21)16-9-8-15(24-12(2)20)10-17(16)23-11/h4-11,18H,1-3H3. The lowest BCUT2D eigenvalue weighted by Crippen LogP contribution is -2.33. The van der Waals surface area contributed by atoms with Crippen molar-refractivity contribution in [2.24, 2.45) is 0 Å². The average Bonchev–Trinajstić information content (AvgIpc) is 2.54. The Morgan fingerprint density at radius 2 is 1.75 bits per heavy atom. The fourth-order valence-electron chi connectivity index (χ4n) is 2.92. The van der Waals surface area contributed by atoms with E-state index in [0.717, 1.165) is 11.3 Å². The SMILES string of the molecule is COc1ccc(C2C(=O)c3ccc(OC(C)=O)cc3OC2C)cc1. The number of carbonyl (C=O) groups excluding carboxylic acids is 2. The smallest absolute Gasteiger partial charge is 0.308 e. The predicted octanol–water partition coefficient (Wildman–Crippen LogP) is 3.37. The van der Waals surface area contributed by atoms with E-state index >= 15 is 0 Å². The summed E-state index contributed by atoms with van der Waals surface area (Å²) in [5, 5.41) is 0. The number of carbonyl (C=O) groups is 2. The number of rotatable bonds is 3.